The Labute approximate surface area is 105 Å². The summed E-state index contributed by atoms with van der Waals surface area (Å²) in [5, 5.41) is 12.5. The minimum absolute atomic E-state index is 0.304. The van der Waals surface area contributed by atoms with Crippen molar-refractivity contribution in [2.75, 3.05) is 13.2 Å². The van der Waals surface area contributed by atoms with Gasteiger partial charge >= 0.3 is 0 Å². The number of aromatic nitrogens is 1. The summed E-state index contributed by atoms with van der Waals surface area (Å²) >= 11 is 0. The summed E-state index contributed by atoms with van der Waals surface area (Å²) in [5.41, 5.74) is 1.34. The summed E-state index contributed by atoms with van der Waals surface area (Å²) < 4.78 is 2.19. The molecule has 1 rings (SSSR count). The van der Waals surface area contributed by atoms with E-state index in [0.29, 0.717) is 12.5 Å². The van der Waals surface area contributed by atoms with Crippen LogP contribution in [0.1, 0.15) is 38.7 Å². The Bertz CT molecular complexity index is 290. The van der Waals surface area contributed by atoms with Crippen LogP contribution < -0.4 is 5.32 Å². The van der Waals surface area contributed by atoms with E-state index in [9.17, 15) is 0 Å². The van der Waals surface area contributed by atoms with Gasteiger partial charge in [0.2, 0.25) is 0 Å². The van der Waals surface area contributed by atoms with E-state index in [1.54, 1.807) is 0 Å². The number of hydrogen-bond acceptors (Lipinski definition) is 2. The molecule has 1 aromatic rings. The van der Waals surface area contributed by atoms with Crippen LogP contribution in [0.25, 0.3) is 0 Å². The third-order valence-corrected chi connectivity index (χ3v) is 3.17. The van der Waals surface area contributed by atoms with E-state index >= 15 is 0 Å². The topological polar surface area (TPSA) is 37.2 Å². The summed E-state index contributed by atoms with van der Waals surface area (Å²) in [6.45, 7) is 7.62. The molecule has 0 saturated carbocycles. The van der Waals surface area contributed by atoms with Crippen molar-refractivity contribution in [1.29, 1.82) is 0 Å². The predicted molar refractivity (Wildman–Crippen MR) is 71.9 cm³/mol. The normalized spacial score (nSPS) is 12.9. The molecule has 0 saturated heterocycles. The van der Waals surface area contributed by atoms with Crippen molar-refractivity contribution in [2.24, 2.45) is 5.92 Å². The van der Waals surface area contributed by atoms with Crippen LogP contribution in [0.3, 0.4) is 0 Å². The lowest BCUT2D eigenvalue weighted by Gasteiger charge is -2.15. The predicted octanol–water partition coefficient (Wildman–Crippen LogP) is 2.40. The Morgan fingerprint density at radius 3 is 2.76 bits per heavy atom. The van der Waals surface area contributed by atoms with E-state index in [-0.39, 0.29) is 0 Å². The SMILES string of the molecule is CCCC(CCO)CNCc1ccn(CC)c1. The molecular formula is C14H26N2O. The first-order chi connectivity index (χ1) is 8.30. The molecule has 0 aliphatic heterocycles. The summed E-state index contributed by atoms with van der Waals surface area (Å²) in [4.78, 5) is 0. The van der Waals surface area contributed by atoms with Crippen LogP contribution in [0.2, 0.25) is 0 Å². The van der Waals surface area contributed by atoms with E-state index in [1.165, 1.54) is 18.4 Å². The number of hydrogen-bond donors (Lipinski definition) is 2. The minimum Gasteiger partial charge on any atom is -0.396 e. The molecule has 0 bridgehead atoms. The quantitative estimate of drug-likeness (QED) is 0.693. The van der Waals surface area contributed by atoms with Crippen LogP contribution in [0.5, 0.6) is 0 Å². The molecule has 0 radical (unpaired) electrons. The highest BCUT2D eigenvalue weighted by Gasteiger charge is 2.06. The van der Waals surface area contributed by atoms with Gasteiger partial charge in [0.25, 0.3) is 0 Å². The van der Waals surface area contributed by atoms with Crippen molar-refractivity contribution in [3.63, 3.8) is 0 Å². The zero-order valence-corrected chi connectivity index (χ0v) is 11.2. The Hall–Kier alpha value is -0.800. The van der Waals surface area contributed by atoms with Gasteiger partial charge in [0.05, 0.1) is 0 Å². The number of rotatable bonds is 9. The Morgan fingerprint density at radius 2 is 2.18 bits per heavy atom. The molecule has 1 aromatic heterocycles. The van der Waals surface area contributed by atoms with Gasteiger partial charge < -0.3 is 15.0 Å². The Balaban J connectivity index is 2.24. The fourth-order valence-corrected chi connectivity index (χ4v) is 2.15. The number of aryl methyl sites for hydroxylation is 1. The first kappa shape index (κ1) is 14.3. The highest BCUT2D eigenvalue weighted by atomic mass is 16.3. The molecule has 0 aliphatic rings. The van der Waals surface area contributed by atoms with Gasteiger partial charge in [0.15, 0.2) is 0 Å². The van der Waals surface area contributed by atoms with Gasteiger partial charge in [-0.25, -0.2) is 0 Å². The van der Waals surface area contributed by atoms with Crippen molar-refractivity contribution >= 4 is 0 Å². The van der Waals surface area contributed by atoms with Gasteiger partial charge in [-0.15, -0.1) is 0 Å². The average molecular weight is 238 g/mol. The molecule has 0 aliphatic carbocycles. The van der Waals surface area contributed by atoms with Gasteiger partial charge in [-0.1, -0.05) is 13.3 Å². The second-order valence-electron chi connectivity index (χ2n) is 4.65. The molecule has 0 spiro atoms. The van der Waals surface area contributed by atoms with Crippen molar-refractivity contribution in [1.82, 2.24) is 9.88 Å². The molecule has 0 aromatic carbocycles. The number of aliphatic hydroxyl groups is 1. The Kier molecular flexibility index (Phi) is 6.97. The van der Waals surface area contributed by atoms with Gasteiger partial charge in [-0.05, 0) is 43.9 Å². The summed E-state index contributed by atoms with van der Waals surface area (Å²) in [7, 11) is 0. The van der Waals surface area contributed by atoms with Gasteiger partial charge in [0.1, 0.15) is 0 Å². The van der Waals surface area contributed by atoms with Crippen LogP contribution in [0.15, 0.2) is 18.5 Å². The maximum Gasteiger partial charge on any atom is 0.0434 e. The first-order valence-electron chi connectivity index (χ1n) is 6.76. The molecular weight excluding hydrogens is 212 g/mol. The number of nitrogens with one attached hydrogen (secondary N) is 1. The third-order valence-electron chi connectivity index (χ3n) is 3.17. The maximum atomic E-state index is 8.98. The van der Waals surface area contributed by atoms with Gasteiger partial charge in [-0.2, -0.15) is 0 Å². The number of nitrogens with zero attached hydrogens (tertiary/aromatic N) is 1. The fourth-order valence-electron chi connectivity index (χ4n) is 2.15. The minimum atomic E-state index is 0.304. The van der Waals surface area contributed by atoms with Gasteiger partial charge in [0, 0.05) is 32.1 Å². The molecule has 0 amide bonds. The molecule has 1 atom stereocenters. The number of aliphatic hydroxyl groups excluding tert-OH is 1. The molecule has 17 heavy (non-hydrogen) atoms. The lowest BCUT2D eigenvalue weighted by molar-refractivity contribution is 0.248. The Morgan fingerprint density at radius 1 is 1.35 bits per heavy atom. The molecule has 2 N–H and O–H groups in total. The molecule has 98 valence electrons. The lowest BCUT2D eigenvalue weighted by atomic mass is 10.0. The standard InChI is InChI=1S/C14H26N2O/c1-3-5-13(7-9-17)10-15-11-14-6-8-16(4-2)12-14/h6,8,12-13,15,17H,3-5,7,9-11H2,1-2H3. The maximum absolute atomic E-state index is 8.98. The van der Waals surface area contributed by atoms with E-state index < -0.39 is 0 Å². The van der Waals surface area contributed by atoms with Crippen LogP contribution in [0.4, 0.5) is 0 Å². The van der Waals surface area contributed by atoms with Crippen LogP contribution >= 0.6 is 0 Å². The zero-order chi connectivity index (χ0) is 12.5. The monoisotopic (exact) mass is 238 g/mol. The zero-order valence-electron chi connectivity index (χ0n) is 11.2. The van der Waals surface area contributed by atoms with Crippen molar-refractivity contribution in [3.8, 4) is 0 Å². The van der Waals surface area contributed by atoms with Crippen molar-refractivity contribution < 1.29 is 5.11 Å². The highest BCUT2D eigenvalue weighted by Crippen LogP contribution is 2.10. The lowest BCUT2D eigenvalue weighted by Crippen LogP contribution is -2.23. The van der Waals surface area contributed by atoms with E-state index in [0.717, 1.165) is 26.1 Å². The van der Waals surface area contributed by atoms with E-state index in [2.05, 4.69) is 42.2 Å². The fraction of sp³-hybridized carbons (Fsp3) is 0.714. The molecule has 0 fully saturated rings. The molecule has 1 heterocycles. The third kappa shape index (κ3) is 5.37. The average Bonchev–Trinajstić information content (AvgIpc) is 2.77. The highest BCUT2D eigenvalue weighted by molar-refractivity contribution is 5.09. The van der Waals surface area contributed by atoms with Crippen LogP contribution in [-0.4, -0.2) is 22.8 Å². The van der Waals surface area contributed by atoms with E-state index in [4.69, 9.17) is 5.11 Å². The van der Waals surface area contributed by atoms with Crippen molar-refractivity contribution in [2.45, 2.75) is 46.2 Å². The van der Waals surface area contributed by atoms with Gasteiger partial charge in [-0.3, -0.25) is 0 Å². The van der Waals surface area contributed by atoms with E-state index in [1.807, 2.05) is 0 Å². The van der Waals surface area contributed by atoms with Crippen LogP contribution in [0, 0.1) is 5.92 Å². The summed E-state index contributed by atoms with van der Waals surface area (Å²) in [6, 6.07) is 2.16. The smallest absolute Gasteiger partial charge is 0.0434 e. The summed E-state index contributed by atoms with van der Waals surface area (Å²) in [6.07, 6.45) is 7.61. The second kappa shape index (κ2) is 8.31. The summed E-state index contributed by atoms with van der Waals surface area (Å²) in [5.74, 6) is 0.610. The largest absolute Gasteiger partial charge is 0.396 e. The molecule has 3 nitrogen and oxygen atoms in total. The molecule has 3 heteroatoms. The second-order valence-corrected chi connectivity index (χ2v) is 4.65. The molecule has 1 unspecified atom stereocenters. The first-order valence-corrected chi connectivity index (χ1v) is 6.76. The van der Waals surface area contributed by atoms with Crippen molar-refractivity contribution in [3.05, 3.63) is 24.0 Å². The van der Waals surface area contributed by atoms with Crippen LogP contribution in [-0.2, 0) is 13.1 Å².